The van der Waals surface area contributed by atoms with Crippen molar-refractivity contribution in [2.75, 3.05) is 13.1 Å². The Morgan fingerprint density at radius 2 is 1.70 bits per heavy atom. The molecule has 0 amide bonds. The van der Waals surface area contributed by atoms with E-state index in [9.17, 15) is 8.42 Å². The molecule has 27 heavy (non-hydrogen) atoms. The second-order valence-corrected chi connectivity index (χ2v) is 10.6. The van der Waals surface area contributed by atoms with Crippen LogP contribution in [0.2, 0.25) is 0 Å². The molecule has 1 saturated carbocycles. The van der Waals surface area contributed by atoms with Gasteiger partial charge in [0.1, 0.15) is 0 Å². The molecule has 4 aliphatic rings. The average Bonchev–Trinajstić information content (AvgIpc) is 3.28. The molecule has 1 saturated heterocycles. The molecule has 3 aliphatic heterocycles. The zero-order chi connectivity index (χ0) is 18.4. The summed E-state index contributed by atoms with van der Waals surface area (Å²) in [5.74, 6) is 0. The molecule has 7 heteroatoms. The van der Waals surface area contributed by atoms with E-state index in [4.69, 9.17) is 4.99 Å². The monoisotopic (exact) mass is 403 g/mol. The van der Waals surface area contributed by atoms with Crippen molar-refractivity contribution in [3.8, 4) is 0 Å². The van der Waals surface area contributed by atoms with E-state index in [1.807, 2.05) is 12.1 Å². The highest BCUT2D eigenvalue weighted by atomic mass is 32.2. The highest BCUT2D eigenvalue weighted by Gasteiger charge is 2.42. The van der Waals surface area contributed by atoms with Gasteiger partial charge in [0, 0.05) is 18.5 Å². The SMILES string of the molecule is O=S(=O)(c1ccc(C2=CSC3=N[C@H]4CCCC[C@H]4N23)cc1)N1CCCCC1. The van der Waals surface area contributed by atoms with Crippen LogP contribution in [0.25, 0.3) is 5.70 Å². The van der Waals surface area contributed by atoms with Crippen molar-refractivity contribution < 1.29 is 8.42 Å². The van der Waals surface area contributed by atoms with Crippen LogP contribution in [0.4, 0.5) is 0 Å². The standard InChI is InChI=1S/C20H25N3O2S2/c24-27(25,22-12-4-1-5-13-22)16-10-8-15(9-11-16)19-14-26-20-21-17-6-2-3-7-18(17)23(19)20/h8-11,14,17-18H,1-7,12-13H2/t17-,18+/m0/s1. The average molecular weight is 404 g/mol. The van der Waals surface area contributed by atoms with Gasteiger partial charge in [0.05, 0.1) is 22.7 Å². The molecule has 0 unspecified atom stereocenters. The van der Waals surface area contributed by atoms with Crippen LogP contribution in [0.5, 0.6) is 0 Å². The normalized spacial score (nSPS) is 28.5. The number of benzene rings is 1. The number of nitrogens with zero attached hydrogens (tertiary/aromatic N) is 3. The fourth-order valence-electron chi connectivity index (χ4n) is 4.68. The van der Waals surface area contributed by atoms with Gasteiger partial charge in [-0.25, -0.2) is 8.42 Å². The van der Waals surface area contributed by atoms with E-state index in [1.54, 1.807) is 28.2 Å². The minimum absolute atomic E-state index is 0.408. The Kier molecular flexibility index (Phi) is 4.57. The smallest absolute Gasteiger partial charge is 0.243 e. The first-order chi connectivity index (χ1) is 13.1. The predicted molar refractivity (Wildman–Crippen MR) is 110 cm³/mol. The van der Waals surface area contributed by atoms with Crippen LogP contribution in [0.3, 0.4) is 0 Å². The van der Waals surface area contributed by atoms with Gasteiger partial charge in [0.15, 0.2) is 5.17 Å². The maximum Gasteiger partial charge on any atom is 0.243 e. The van der Waals surface area contributed by atoms with Gasteiger partial charge in [-0.15, -0.1) is 0 Å². The molecule has 0 bridgehead atoms. The van der Waals surface area contributed by atoms with Crippen molar-refractivity contribution in [1.29, 1.82) is 0 Å². The van der Waals surface area contributed by atoms with Crippen LogP contribution in [-0.4, -0.2) is 48.0 Å². The Hall–Kier alpha value is -1.31. The zero-order valence-corrected chi connectivity index (χ0v) is 17.0. The van der Waals surface area contributed by atoms with Gasteiger partial charge in [-0.1, -0.05) is 43.2 Å². The second-order valence-electron chi connectivity index (χ2n) is 7.81. The fourth-order valence-corrected chi connectivity index (χ4v) is 7.21. The second kappa shape index (κ2) is 6.94. The van der Waals surface area contributed by atoms with Crippen molar-refractivity contribution >= 4 is 32.6 Å². The van der Waals surface area contributed by atoms with E-state index in [1.165, 1.54) is 31.4 Å². The Labute approximate surface area is 165 Å². The molecule has 5 nitrogen and oxygen atoms in total. The molecule has 0 spiro atoms. The lowest BCUT2D eigenvalue weighted by Gasteiger charge is -2.32. The number of fused-ring (bicyclic) bond motifs is 3. The summed E-state index contributed by atoms with van der Waals surface area (Å²) in [6.45, 7) is 1.28. The molecule has 2 fully saturated rings. The van der Waals surface area contributed by atoms with Crippen LogP contribution in [0.1, 0.15) is 50.5 Å². The first kappa shape index (κ1) is 17.8. The fraction of sp³-hybridized carbons (Fsp3) is 0.550. The van der Waals surface area contributed by atoms with Gasteiger partial charge in [0.2, 0.25) is 10.0 Å². The molecule has 0 radical (unpaired) electrons. The third kappa shape index (κ3) is 3.04. The topological polar surface area (TPSA) is 53.0 Å². The Morgan fingerprint density at radius 1 is 0.963 bits per heavy atom. The van der Waals surface area contributed by atoms with Gasteiger partial charge in [-0.3, -0.25) is 4.99 Å². The van der Waals surface area contributed by atoms with Crippen molar-refractivity contribution in [1.82, 2.24) is 9.21 Å². The number of thioether (sulfide) groups is 1. The van der Waals surface area contributed by atoms with Crippen molar-refractivity contribution in [2.45, 2.75) is 61.9 Å². The van der Waals surface area contributed by atoms with E-state index in [0.29, 0.717) is 30.1 Å². The van der Waals surface area contributed by atoms with Crippen LogP contribution in [0, 0.1) is 0 Å². The molecular formula is C20H25N3O2S2. The first-order valence-electron chi connectivity index (χ1n) is 9.99. The van der Waals surface area contributed by atoms with Crippen LogP contribution in [0.15, 0.2) is 39.6 Å². The van der Waals surface area contributed by atoms with Gasteiger partial charge in [0.25, 0.3) is 0 Å². The molecule has 1 aromatic rings. The van der Waals surface area contributed by atoms with Crippen LogP contribution >= 0.6 is 11.8 Å². The summed E-state index contributed by atoms with van der Waals surface area (Å²) in [4.78, 5) is 7.72. The van der Waals surface area contributed by atoms with Gasteiger partial charge in [-0.2, -0.15) is 4.31 Å². The van der Waals surface area contributed by atoms with Crippen molar-refractivity contribution in [3.63, 3.8) is 0 Å². The number of hydrogen-bond acceptors (Lipinski definition) is 5. The molecule has 3 heterocycles. The summed E-state index contributed by atoms with van der Waals surface area (Å²) < 4.78 is 27.4. The van der Waals surface area contributed by atoms with Crippen molar-refractivity contribution in [2.24, 2.45) is 4.99 Å². The van der Waals surface area contributed by atoms with E-state index >= 15 is 0 Å². The molecule has 0 N–H and O–H groups in total. The number of sulfonamides is 1. The van der Waals surface area contributed by atoms with Crippen LogP contribution in [-0.2, 0) is 10.0 Å². The number of hydrogen-bond donors (Lipinski definition) is 0. The number of aliphatic imine (C=N–C) groups is 1. The molecule has 144 valence electrons. The number of rotatable bonds is 3. The Balaban J connectivity index is 1.39. The Bertz CT molecular complexity index is 886. The summed E-state index contributed by atoms with van der Waals surface area (Å²) in [7, 11) is -3.37. The molecular weight excluding hydrogens is 378 g/mol. The van der Waals surface area contributed by atoms with Gasteiger partial charge < -0.3 is 4.90 Å². The molecule has 1 aromatic carbocycles. The first-order valence-corrected chi connectivity index (χ1v) is 12.3. The molecule has 1 aliphatic carbocycles. The number of amidine groups is 1. The lowest BCUT2D eigenvalue weighted by molar-refractivity contribution is 0.305. The Morgan fingerprint density at radius 3 is 2.48 bits per heavy atom. The van der Waals surface area contributed by atoms with Crippen molar-refractivity contribution in [3.05, 3.63) is 35.2 Å². The highest BCUT2D eigenvalue weighted by molar-refractivity contribution is 8.16. The summed E-state index contributed by atoms with van der Waals surface area (Å²) in [6, 6.07) is 8.38. The largest absolute Gasteiger partial charge is 0.315 e. The lowest BCUT2D eigenvalue weighted by atomic mass is 9.90. The van der Waals surface area contributed by atoms with E-state index < -0.39 is 10.0 Å². The van der Waals surface area contributed by atoms with Crippen LogP contribution < -0.4 is 0 Å². The van der Waals surface area contributed by atoms with E-state index in [0.717, 1.165) is 30.0 Å². The molecule has 0 aromatic heterocycles. The maximum atomic E-state index is 12.9. The summed E-state index contributed by atoms with van der Waals surface area (Å²) in [5, 5.41) is 3.28. The highest BCUT2D eigenvalue weighted by Crippen LogP contribution is 2.44. The van der Waals surface area contributed by atoms with Gasteiger partial charge in [-0.05, 0) is 43.4 Å². The molecule has 2 atom stereocenters. The number of piperidine rings is 1. The third-order valence-electron chi connectivity index (χ3n) is 6.15. The van der Waals surface area contributed by atoms with Gasteiger partial charge >= 0.3 is 0 Å². The quantitative estimate of drug-likeness (QED) is 0.768. The molecule has 5 rings (SSSR count). The maximum absolute atomic E-state index is 12.9. The minimum atomic E-state index is -3.37. The van der Waals surface area contributed by atoms with E-state index in [2.05, 4.69) is 10.3 Å². The minimum Gasteiger partial charge on any atom is -0.315 e. The summed E-state index contributed by atoms with van der Waals surface area (Å²) in [5.41, 5.74) is 2.26. The predicted octanol–water partition coefficient (Wildman–Crippen LogP) is 3.89. The zero-order valence-electron chi connectivity index (χ0n) is 15.4. The summed E-state index contributed by atoms with van der Waals surface area (Å²) >= 11 is 1.70. The third-order valence-corrected chi connectivity index (χ3v) is 8.91. The van der Waals surface area contributed by atoms with E-state index in [-0.39, 0.29) is 0 Å². The lowest BCUT2D eigenvalue weighted by Crippen LogP contribution is -2.38. The summed E-state index contributed by atoms with van der Waals surface area (Å²) in [6.07, 6.45) is 7.97.